The van der Waals surface area contributed by atoms with E-state index in [1.54, 1.807) is 34.8 Å². The summed E-state index contributed by atoms with van der Waals surface area (Å²) in [5, 5.41) is 30.1. The van der Waals surface area contributed by atoms with Crippen LogP contribution in [0.4, 0.5) is 22.7 Å². The van der Waals surface area contributed by atoms with Crippen LogP contribution in [0.1, 0.15) is 89.5 Å². The largest absolute Gasteiger partial charge is 0.289 e. The number of allylic oxidation sites excluding steroid dienone is 6. The van der Waals surface area contributed by atoms with Crippen LogP contribution in [0.5, 0.6) is 0 Å². The predicted octanol–water partition coefficient (Wildman–Crippen LogP) is 14.1. The number of hydrogen-bond acceptors (Lipinski definition) is 13. The van der Waals surface area contributed by atoms with Crippen molar-refractivity contribution in [2.45, 2.75) is 51.4 Å². The Morgan fingerprint density at radius 2 is 0.984 bits per heavy atom. The Bertz CT molecular complexity index is 3440. The zero-order chi connectivity index (χ0) is 43.4. The summed E-state index contributed by atoms with van der Waals surface area (Å²) >= 11 is 8.47. The van der Waals surface area contributed by atoms with E-state index in [2.05, 4.69) is 52.6 Å². The molecule has 0 bridgehead atoms. The Hall–Kier alpha value is -6.60. The molecular formula is C48H24N8O2S6. The molecule has 0 unspecified atom stereocenters. The normalized spacial score (nSPS) is 18.2. The molecule has 0 radical (unpaired) electrons. The fourth-order valence-corrected chi connectivity index (χ4v) is 15.7. The molecule has 0 saturated heterocycles. The molecule has 0 amide bonds. The van der Waals surface area contributed by atoms with Crippen molar-refractivity contribution >= 4 is 135 Å². The number of fused-ring (bicyclic) bond motifs is 7. The van der Waals surface area contributed by atoms with Crippen molar-refractivity contribution in [3.05, 3.63) is 124 Å². The number of carbonyl (C=O) groups is 2. The van der Waals surface area contributed by atoms with Gasteiger partial charge in [0.15, 0.2) is 11.6 Å². The summed E-state index contributed by atoms with van der Waals surface area (Å²) in [5.41, 5.74) is 11.1. The Morgan fingerprint density at radius 1 is 0.562 bits per heavy atom. The highest BCUT2D eigenvalue weighted by Gasteiger charge is 2.37. The first-order valence-electron chi connectivity index (χ1n) is 20.3. The van der Waals surface area contributed by atoms with Gasteiger partial charge in [0.2, 0.25) is 0 Å². The molecule has 0 N–H and O–H groups in total. The summed E-state index contributed by atoms with van der Waals surface area (Å²) in [7, 11) is 0. The number of carbonyl (C=O) groups excluding carboxylic acids is 2. The Labute approximate surface area is 388 Å². The molecule has 10 nitrogen and oxygen atoms in total. The van der Waals surface area contributed by atoms with Crippen LogP contribution in [-0.2, 0) is 48.4 Å². The van der Waals surface area contributed by atoms with Crippen LogP contribution in [-0.4, -0.2) is 11.6 Å². The van der Waals surface area contributed by atoms with Gasteiger partial charge in [0.25, 0.3) is 5.70 Å². The topological polar surface area (TPSA) is 159 Å². The molecule has 2 aromatic carbocycles. The van der Waals surface area contributed by atoms with Gasteiger partial charge in [-0.15, -0.1) is 45.3 Å². The van der Waals surface area contributed by atoms with E-state index in [-0.39, 0.29) is 22.8 Å². The van der Waals surface area contributed by atoms with E-state index in [1.165, 1.54) is 33.8 Å². The van der Waals surface area contributed by atoms with Gasteiger partial charge in [-0.2, -0.15) is 28.0 Å². The maximum atomic E-state index is 14.2. The molecule has 6 aromatic rings. The van der Waals surface area contributed by atoms with Crippen LogP contribution in [0.2, 0.25) is 0 Å². The third-order valence-corrected chi connectivity index (χ3v) is 18.4. The summed E-state index contributed by atoms with van der Waals surface area (Å²) < 4.78 is 20.8. The van der Waals surface area contributed by atoms with Crippen molar-refractivity contribution in [3.63, 3.8) is 0 Å². The smallest absolute Gasteiger partial charge is 0.270 e. The van der Waals surface area contributed by atoms with E-state index < -0.39 is 0 Å². The lowest BCUT2D eigenvalue weighted by molar-refractivity contribution is 0.103. The fourth-order valence-electron chi connectivity index (χ4n) is 9.50. The van der Waals surface area contributed by atoms with Gasteiger partial charge >= 0.3 is 0 Å². The van der Waals surface area contributed by atoms with Crippen LogP contribution >= 0.6 is 45.3 Å². The second-order valence-electron chi connectivity index (χ2n) is 15.9. The molecule has 0 atom stereocenters. The number of hydrogen-bond donors (Lipinski definition) is 0. The minimum absolute atomic E-state index is 0.0847. The average Bonchev–Trinajstić information content (AvgIpc) is 4.19. The molecule has 12 rings (SSSR count). The van der Waals surface area contributed by atoms with E-state index in [4.69, 9.17) is 6.57 Å². The van der Waals surface area contributed by atoms with E-state index in [0.717, 1.165) is 135 Å². The maximum Gasteiger partial charge on any atom is 0.270 e. The van der Waals surface area contributed by atoms with E-state index in [1.807, 2.05) is 24.3 Å². The highest BCUT2D eigenvalue weighted by molar-refractivity contribution is 7.58. The highest BCUT2D eigenvalue weighted by atomic mass is 32.1. The third-order valence-electron chi connectivity index (χ3n) is 12.5. The van der Waals surface area contributed by atoms with Gasteiger partial charge in [0, 0.05) is 52.6 Å². The SMILES string of the molecule is [C-]#[N+]/C(C#N)=C1/C(=C/c2sc(-c3cc4sc(-c5sc(/C=C6\C(=O)c7cc8c(cc7C6=C(C#N)C#N)CCCC8)c6c5N=S=N6)cc4s3)c3c2N=S=N3)C(=O)c2cc3c(cc21)CCCC3. The fraction of sp³-hybridized carbons (Fsp3) is 0.167. The molecule has 6 heterocycles. The number of nitrogens with zero attached hydrogens (tertiary/aromatic N) is 8. The van der Waals surface area contributed by atoms with Crippen molar-refractivity contribution in [1.82, 2.24) is 0 Å². The average molecular weight is 937 g/mol. The van der Waals surface area contributed by atoms with E-state index in [9.17, 15) is 25.4 Å². The van der Waals surface area contributed by atoms with Gasteiger partial charge in [-0.05, 0) is 121 Å². The standard InChI is InChI=1S/C48H24N8O2S6/c1-52-32(20-51)40-27-11-22-7-3-5-9-24(22)13-29(27)46(58)31(40)15-36-42-44(56-64-54-42)48(62-36)38-17-34-33(60-38)16-37(59-34)47-43-41(53-63-55-43)35(61-47)14-30-39(25(18-49)19-50)26-10-21-6-2-4-8-23(21)12-28(26)45(30)57/h10-17H,2-9H2/b30-14-,31-15-,40-32+. The minimum atomic E-state index is -0.195. The van der Waals surface area contributed by atoms with Crippen molar-refractivity contribution in [2.24, 2.45) is 17.5 Å². The van der Waals surface area contributed by atoms with Gasteiger partial charge in [-0.1, -0.05) is 12.1 Å². The summed E-state index contributed by atoms with van der Waals surface area (Å²) in [6.45, 7) is 7.84. The lowest BCUT2D eigenvalue weighted by atomic mass is 9.88. The molecule has 0 saturated carbocycles. The maximum absolute atomic E-state index is 14.2. The Morgan fingerprint density at radius 3 is 1.42 bits per heavy atom. The second kappa shape index (κ2) is 15.0. The number of benzene rings is 2. The van der Waals surface area contributed by atoms with Crippen LogP contribution < -0.4 is 0 Å². The summed E-state index contributed by atoms with van der Waals surface area (Å²) in [6, 6.07) is 18.4. The van der Waals surface area contributed by atoms with Crippen molar-refractivity contribution in [1.29, 1.82) is 15.8 Å². The molecule has 2 aliphatic heterocycles. The first kappa shape index (κ1) is 39.0. The predicted molar refractivity (Wildman–Crippen MR) is 257 cm³/mol. The molecular weight excluding hydrogens is 913 g/mol. The van der Waals surface area contributed by atoms with Crippen LogP contribution in [0.25, 0.3) is 57.1 Å². The molecule has 304 valence electrons. The third kappa shape index (κ3) is 5.85. The number of Topliss-reactive ketones (excluding diaryl/α,β-unsaturated/α-hetero) is 2. The minimum Gasteiger partial charge on any atom is -0.289 e. The Kier molecular flexibility index (Phi) is 9.15. The summed E-state index contributed by atoms with van der Waals surface area (Å²) in [4.78, 5) is 37.2. The first-order valence-corrected chi connectivity index (χ1v) is 25.0. The zero-order valence-corrected chi connectivity index (χ0v) is 38.0. The summed E-state index contributed by atoms with van der Waals surface area (Å²) in [5.74, 6) is -0.383. The number of thiophene rings is 4. The van der Waals surface area contributed by atoms with Crippen molar-refractivity contribution in [3.8, 4) is 37.7 Å². The van der Waals surface area contributed by atoms with Gasteiger partial charge in [0.05, 0.1) is 54.9 Å². The zero-order valence-electron chi connectivity index (χ0n) is 33.1. The second-order valence-corrected chi connectivity index (χ2v) is 21.2. The number of ketones is 2. The first-order chi connectivity index (χ1) is 31.3. The van der Waals surface area contributed by atoms with Gasteiger partial charge < -0.3 is 0 Å². The monoisotopic (exact) mass is 936 g/mol. The van der Waals surface area contributed by atoms with E-state index in [0.29, 0.717) is 55.9 Å². The van der Waals surface area contributed by atoms with Crippen LogP contribution in [0.3, 0.4) is 0 Å². The Balaban J connectivity index is 0.908. The van der Waals surface area contributed by atoms with Crippen molar-refractivity contribution < 1.29 is 9.59 Å². The molecule has 64 heavy (non-hydrogen) atoms. The van der Waals surface area contributed by atoms with Gasteiger partial charge in [-0.25, -0.2) is 10.1 Å². The molecule has 16 heteroatoms. The lowest BCUT2D eigenvalue weighted by Crippen LogP contribution is -2.05. The number of aryl methyl sites for hydroxylation is 4. The van der Waals surface area contributed by atoms with Crippen molar-refractivity contribution in [2.75, 3.05) is 0 Å². The lowest BCUT2D eigenvalue weighted by Gasteiger charge is -2.17. The van der Waals surface area contributed by atoms with Gasteiger partial charge in [0.1, 0.15) is 40.5 Å². The molecule has 6 aliphatic rings. The van der Waals surface area contributed by atoms with E-state index >= 15 is 0 Å². The molecule has 0 spiro atoms. The van der Waals surface area contributed by atoms with Gasteiger partial charge in [-0.3, -0.25) is 9.59 Å². The highest BCUT2D eigenvalue weighted by Crippen LogP contribution is 2.57. The number of nitriles is 3. The van der Waals surface area contributed by atoms with Crippen LogP contribution in [0.15, 0.2) is 76.3 Å². The quantitative estimate of drug-likeness (QED) is 0.0974. The molecule has 4 aliphatic carbocycles. The molecule has 0 fully saturated rings. The van der Waals surface area contributed by atoms with Crippen LogP contribution in [0, 0.1) is 40.6 Å². The summed E-state index contributed by atoms with van der Waals surface area (Å²) in [6.07, 6.45) is 11.5. The number of rotatable bonds is 4. The molecule has 4 aromatic heterocycles.